The van der Waals surface area contributed by atoms with Gasteiger partial charge in [0, 0.05) is 34.3 Å². The highest BCUT2D eigenvalue weighted by molar-refractivity contribution is 5.96. The molecule has 2 aromatic heterocycles. The van der Waals surface area contributed by atoms with Crippen LogP contribution in [-0.2, 0) is 0 Å². The molecule has 5 rings (SSSR count). The largest absolute Gasteiger partial charge is 0.508 e. The molecular formula is C24H16N2O4. The highest BCUT2D eigenvalue weighted by Crippen LogP contribution is 2.25. The van der Waals surface area contributed by atoms with Gasteiger partial charge in [0.1, 0.15) is 11.5 Å². The maximum atomic E-state index is 12.8. The van der Waals surface area contributed by atoms with Crippen LogP contribution in [0.5, 0.6) is 11.5 Å². The van der Waals surface area contributed by atoms with Crippen LogP contribution in [0.15, 0.2) is 82.4 Å². The molecule has 2 heterocycles. The molecule has 5 aromatic rings. The Morgan fingerprint density at radius 1 is 0.533 bits per heavy atom. The molecule has 30 heavy (non-hydrogen) atoms. The first-order valence-electron chi connectivity index (χ1n) is 9.31. The molecule has 0 spiro atoms. The molecule has 0 aliphatic carbocycles. The van der Waals surface area contributed by atoms with Crippen LogP contribution in [0.3, 0.4) is 0 Å². The van der Waals surface area contributed by atoms with Gasteiger partial charge in [0.15, 0.2) is 10.9 Å². The van der Waals surface area contributed by atoms with Gasteiger partial charge in [0.05, 0.1) is 11.0 Å². The molecule has 146 valence electrons. The minimum atomic E-state index is -0.176. The van der Waals surface area contributed by atoms with Gasteiger partial charge in [0.2, 0.25) is 0 Å². The maximum absolute atomic E-state index is 12.8. The Hall–Kier alpha value is -4.32. The molecule has 3 aromatic carbocycles. The lowest BCUT2D eigenvalue weighted by molar-refractivity contribution is 0.475. The maximum Gasteiger partial charge on any atom is 0.190 e. The molecule has 0 aliphatic heterocycles. The first-order chi connectivity index (χ1) is 14.5. The van der Waals surface area contributed by atoms with Crippen LogP contribution in [0.25, 0.3) is 44.3 Å². The van der Waals surface area contributed by atoms with Crippen molar-refractivity contribution >= 4 is 21.8 Å². The number of aromatic hydroxyl groups is 2. The van der Waals surface area contributed by atoms with Crippen molar-refractivity contribution in [3.05, 3.63) is 93.2 Å². The Balaban J connectivity index is 1.71. The Labute approximate surface area is 169 Å². The molecule has 0 amide bonds. The molecule has 4 N–H and O–H groups in total. The lowest BCUT2D eigenvalue weighted by Crippen LogP contribution is -2.07. The summed E-state index contributed by atoms with van der Waals surface area (Å²) in [6.07, 6.45) is 0. The topological polar surface area (TPSA) is 106 Å². The van der Waals surface area contributed by atoms with Gasteiger partial charge in [-0.25, -0.2) is 0 Å². The van der Waals surface area contributed by atoms with Crippen LogP contribution >= 0.6 is 0 Å². The molecular weight excluding hydrogens is 380 g/mol. The second-order valence-electron chi connectivity index (χ2n) is 7.13. The Bertz CT molecular complexity index is 1410. The Morgan fingerprint density at radius 3 is 1.27 bits per heavy atom. The van der Waals surface area contributed by atoms with Crippen molar-refractivity contribution < 1.29 is 10.2 Å². The van der Waals surface area contributed by atoms with Gasteiger partial charge >= 0.3 is 0 Å². The van der Waals surface area contributed by atoms with Crippen molar-refractivity contribution in [1.29, 1.82) is 0 Å². The van der Waals surface area contributed by atoms with Crippen molar-refractivity contribution in [3.63, 3.8) is 0 Å². The number of hydrogen-bond donors (Lipinski definition) is 4. The molecule has 6 heteroatoms. The van der Waals surface area contributed by atoms with Gasteiger partial charge in [-0.05, 0) is 71.8 Å². The average Bonchev–Trinajstić information content (AvgIpc) is 2.74. The third-order valence-corrected chi connectivity index (χ3v) is 5.13. The van der Waals surface area contributed by atoms with Crippen molar-refractivity contribution in [3.8, 4) is 34.0 Å². The summed E-state index contributed by atoms with van der Waals surface area (Å²) >= 11 is 0. The van der Waals surface area contributed by atoms with Crippen LogP contribution in [0.1, 0.15) is 0 Å². The number of phenols is 2. The van der Waals surface area contributed by atoms with Crippen LogP contribution in [0.2, 0.25) is 0 Å². The summed E-state index contributed by atoms with van der Waals surface area (Å²) in [4.78, 5) is 32.0. The zero-order valence-electron chi connectivity index (χ0n) is 15.6. The van der Waals surface area contributed by atoms with Crippen LogP contribution in [0, 0.1) is 0 Å². The number of aromatic nitrogens is 2. The summed E-state index contributed by atoms with van der Waals surface area (Å²) in [5, 5.41) is 19.9. The number of rotatable bonds is 2. The number of H-pyrrole nitrogens is 2. The fraction of sp³-hybridized carbons (Fsp3) is 0. The lowest BCUT2D eigenvalue weighted by Gasteiger charge is -2.08. The number of hydrogen-bond acceptors (Lipinski definition) is 4. The molecule has 0 unspecified atom stereocenters. The number of pyridine rings is 2. The average molecular weight is 396 g/mol. The molecule has 0 fully saturated rings. The number of nitrogens with one attached hydrogen (secondary N) is 2. The third-order valence-electron chi connectivity index (χ3n) is 5.13. The van der Waals surface area contributed by atoms with E-state index in [0.29, 0.717) is 33.2 Å². The molecule has 0 saturated heterocycles. The third kappa shape index (κ3) is 3.00. The van der Waals surface area contributed by atoms with Crippen molar-refractivity contribution in [2.45, 2.75) is 0 Å². The summed E-state index contributed by atoms with van der Waals surface area (Å²) in [7, 11) is 0. The normalized spacial score (nSPS) is 11.2. The number of benzene rings is 3. The fourth-order valence-corrected chi connectivity index (χ4v) is 3.59. The van der Waals surface area contributed by atoms with Crippen molar-refractivity contribution in [2.24, 2.45) is 0 Å². The molecule has 0 bridgehead atoms. The zero-order chi connectivity index (χ0) is 20.8. The second kappa shape index (κ2) is 6.63. The Morgan fingerprint density at radius 2 is 0.900 bits per heavy atom. The smallest absolute Gasteiger partial charge is 0.190 e. The van der Waals surface area contributed by atoms with E-state index in [9.17, 15) is 19.8 Å². The van der Waals surface area contributed by atoms with E-state index in [2.05, 4.69) is 9.97 Å². The van der Waals surface area contributed by atoms with E-state index in [1.54, 1.807) is 60.7 Å². The van der Waals surface area contributed by atoms with Crippen molar-refractivity contribution in [2.75, 3.05) is 0 Å². The van der Waals surface area contributed by atoms with Crippen LogP contribution in [-0.4, -0.2) is 20.2 Å². The van der Waals surface area contributed by atoms with Gasteiger partial charge < -0.3 is 20.2 Å². The molecule has 0 atom stereocenters. The molecule has 6 nitrogen and oxygen atoms in total. The number of aromatic amines is 2. The predicted octanol–water partition coefficient (Wildman–Crippen LogP) is 4.11. The quantitative estimate of drug-likeness (QED) is 0.337. The van der Waals surface area contributed by atoms with Crippen LogP contribution < -0.4 is 10.9 Å². The summed E-state index contributed by atoms with van der Waals surface area (Å²) in [6, 6.07) is 19.4. The first-order valence-corrected chi connectivity index (χ1v) is 9.31. The van der Waals surface area contributed by atoms with E-state index >= 15 is 0 Å². The zero-order valence-corrected chi connectivity index (χ0v) is 15.6. The first kappa shape index (κ1) is 17.8. The van der Waals surface area contributed by atoms with Gasteiger partial charge in [-0.15, -0.1) is 0 Å². The molecule has 0 radical (unpaired) electrons. The van der Waals surface area contributed by atoms with Gasteiger partial charge in [-0.1, -0.05) is 0 Å². The van der Waals surface area contributed by atoms with Gasteiger partial charge in [-0.3, -0.25) is 9.59 Å². The summed E-state index contributed by atoms with van der Waals surface area (Å²) in [5.41, 5.74) is 3.47. The van der Waals surface area contributed by atoms with E-state index < -0.39 is 0 Å². The predicted molar refractivity (Wildman–Crippen MR) is 117 cm³/mol. The molecule has 0 saturated carbocycles. The van der Waals surface area contributed by atoms with Crippen LogP contribution in [0.4, 0.5) is 0 Å². The highest BCUT2D eigenvalue weighted by atomic mass is 16.3. The number of phenolic OH excluding ortho intramolecular Hbond substituents is 2. The Kier molecular flexibility index (Phi) is 3.93. The highest BCUT2D eigenvalue weighted by Gasteiger charge is 2.10. The van der Waals surface area contributed by atoms with E-state index in [4.69, 9.17) is 0 Å². The molecule has 0 aliphatic rings. The van der Waals surface area contributed by atoms with E-state index in [0.717, 1.165) is 11.1 Å². The second-order valence-corrected chi connectivity index (χ2v) is 7.13. The van der Waals surface area contributed by atoms with E-state index in [-0.39, 0.29) is 22.4 Å². The van der Waals surface area contributed by atoms with E-state index in [1.165, 1.54) is 12.1 Å². The SMILES string of the molecule is O=c1cc(-c2ccc(O)cc2)[nH]c2cc3c(=O)cc(-c4ccc(O)cc4)[nH]c3cc12. The standard InChI is InChI=1S/C24H16N2O4/c27-15-5-1-13(2-6-15)19-11-23(29)17-10-22-18(9-21(17)25-19)24(30)12-20(26-22)14-3-7-16(28)8-4-14/h1-12,27-28H,(H,25,29)(H,26,30). The monoisotopic (exact) mass is 396 g/mol. The summed E-state index contributed by atoms with van der Waals surface area (Å²) < 4.78 is 0. The van der Waals surface area contributed by atoms with E-state index in [1.807, 2.05) is 0 Å². The summed E-state index contributed by atoms with van der Waals surface area (Å²) in [5.74, 6) is 0.285. The minimum Gasteiger partial charge on any atom is -0.508 e. The number of fused-ring (bicyclic) bond motifs is 2. The summed E-state index contributed by atoms with van der Waals surface area (Å²) in [6.45, 7) is 0. The minimum absolute atomic E-state index is 0.142. The van der Waals surface area contributed by atoms with Gasteiger partial charge in [0.25, 0.3) is 0 Å². The van der Waals surface area contributed by atoms with Crippen molar-refractivity contribution in [1.82, 2.24) is 9.97 Å². The van der Waals surface area contributed by atoms with Gasteiger partial charge in [-0.2, -0.15) is 0 Å². The lowest BCUT2D eigenvalue weighted by atomic mass is 10.1. The fourth-order valence-electron chi connectivity index (χ4n) is 3.59.